The molecule has 0 aliphatic rings. The van der Waals surface area contributed by atoms with E-state index in [0.717, 1.165) is 6.07 Å². The number of halogens is 1. The molecule has 1 aromatic carbocycles. The number of aromatic nitrogens is 1. The molecule has 5 nitrogen and oxygen atoms in total. The first-order chi connectivity index (χ1) is 9.40. The Kier molecular flexibility index (Phi) is 3.96. The average Bonchev–Trinajstić information content (AvgIpc) is 2.38. The number of rotatable bonds is 4. The Hall–Kier alpha value is -2.06. The quantitative estimate of drug-likeness (QED) is 0.839. The minimum Gasteiger partial charge on any atom is -0.389 e. The van der Waals surface area contributed by atoms with E-state index in [2.05, 4.69) is 9.71 Å². The fraction of sp³-hybridized carbons (Fsp3) is 0. The maximum atomic E-state index is 13.5. The summed E-state index contributed by atoms with van der Waals surface area (Å²) in [6, 6.07) is 8.51. The van der Waals surface area contributed by atoms with Crippen molar-refractivity contribution in [2.75, 3.05) is 4.72 Å². The molecule has 104 valence electrons. The van der Waals surface area contributed by atoms with Crippen molar-refractivity contribution in [2.45, 2.75) is 5.03 Å². The van der Waals surface area contributed by atoms with Crippen LogP contribution in [0.25, 0.3) is 0 Å². The van der Waals surface area contributed by atoms with Gasteiger partial charge in [0.2, 0.25) is 5.03 Å². The summed E-state index contributed by atoms with van der Waals surface area (Å²) in [7, 11) is -4.11. The molecule has 0 aliphatic carbocycles. The Bertz CT molecular complexity index is 763. The molecule has 0 radical (unpaired) electrons. The summed E-state index contributed by atoms with van der Waals surface area (Å²) in [5.74, 6) is -0.925. The van der Waals surface area contributed by atoms with Gasteiger partial charge in [0.05, 0.1) is 0 Å². The fourth-order valence-corrected chi connectivity index (χ4v) is 2.69. The van der Waals surface area contributed by atoms with E-state index in [4.69, 9.17) is 18.0 Å². The van der Waals surface area contributed by atoms with Crippen LogP contribution in [0.15, 0.2) is 47.6 Å². The highest BCUT2D eigenvalue weighted by Gasteiger charge is 2.20. The van der Waals surface area contributed by atoms with Crippen molar-refractivity contribution in [1.82, 2.24) is 4.98 Å². The van der Waals surface area contributed by atoms with Crippen molar-refractivity contribution < 1.29 is 12.8 Å². The van der Waals surface area contributed by atoms with Crippen molar-refractivity contribution in [3.05, 3.63) is 54.0 Å². The number of hydrogen-bond donors (Lipinski definition) is 2. The van der Waals surface area contributed by atoms with Gasteiger partial charge in [-0.1, -0.05) is 24.4 Å². The predicted molar refractivity (Wildman–Crippen MR) is 77.3 cm³/mol. The molecule has 0 bridgehead atoms. The van der Waals surface area contributed by atoms with Gasteiger partial charge in [-0.3, -0.25) is 4.72 Å². The predicted octanol–water partition coefficient (Wildman–Crippen LogP) is 1.66. The van der Waals surface area contributed by atoms with E-state index in [-0.39, 0.29) is 10.7 Å². The molecular weight excluding hydrogens is 301 g/mol. The van der Waals surface area contributed by atoms with Crippen LogP contribution in [0.5, 0.6) is 0 Å². The number of hydrogen-bond acceptors (Lipinski definition) is 4. The molecule has 1 aromatic heterocycles. The molecule has 0 amide bonds. The average molecular weight is 311 g/mol. The molecule has 0 unspecified atom stereocenters. The van der Waals surface area contributed by atoms with Crippen LogP contribution in [0.4, 0.5) is 10.1 Å². The molecule has 0 aliphatic heterocycles. The molecule has 2 aromatic rings. The van der Waals surface area contributed by atoms with Gasteiger partial charge in [0, 0.05) is 17.4 Å². The summed E-state index contributed by atoms with van der Waals surface area (Å²) >= 11 is 4.81. The molecule has 20 heavy (non-hydrogen) atoms. The Balaban J connectivity index is 2.36. The summed E-state index contributed by atoms with van der Waals surface area (Å²) < 4.78 is 39.7. The van der Waals surface area contributed by atoms with Gasteiger partial charge in [-0.15, -0.1) is 0 Å². The number of anilines is 1. The lowest BCUT2D eigenvalue weighted by Crippen LogP contribution is -2.17. The SMILES string of the molecule is NC(=S)c1cccc(NS(=O)(=O)c2ncccc2F)c1. The third-order valence-electron chi connectivity index (χ3n) is 2.38. The van der Waals surface area contributed by atoms with E-state index in [1.54, 1.807) is 12.1 Å². The molecule has 0 fully saturated rings. The maximum absolute atomic E-state index is 13.5. The molecule has 0 atom stereocenters. The number of benzene rings is 1. The third kappa shape index (κ3) is 3.09. The van der Waals surface area contributed by atoms with Crippen molar-refractivity contribution in [2.24, 2.45) is 5.73 Å². The van der Waals surface area contributed by atoms with Crippen LogP contribution in [0.2, 0.25) is 0 Å². The van der Waals surface area contributed by atoms with Crippen molar-refractivity contribution in [3.63, 3.8) is 0 Å². The van der Waals surface area contributed by atoms with Gasteiger partial charge < -0.3 is 5.73 Å². The normalized spacial score (nSPS) is 11.1. The number of sulfonamides is 1. The van der Waals surface area contributed by atoms with Crippen LogP contribution in [0, 0.1) is 5.82 Å². The smallest absolute Gasteiger partial charge is 0.282 e. The largest absolute Gasteiger partial charge is 0.389 e. The number of nitrogens with zero attached hydrogens (tertiary/aromatic N) is 1. The topological polar surface area (TPSA) is 85.1 Å². The highest BCUT2D eigenvalue weighted by Crippen LogP contribution is 2.17. The first-order valence-electron chi connectivity index (χ1n) is 5.43. The Morgan fingerprint density at radius 3 is 2.70 bits per heavy atom. The van der Waals surface area contributed by atoms with Crippen LogP contribution in [0.3, 0.4) is 0 Å². The summed E-state index contributed by atoms with van der Waals surface area (Å²) in [6.07, 6.45) is 1.20. The van der Waals surface area contributed by atoms with E-state index < -0.39 is 20.9 Å². The molecule has 1 heterocycles. The highest BCUT2D eigenvalue weighted by molar-refractivity contribution is 7.92. The van der Waals surface area contributed by atoms with Gasteiger partial charge in [-0.25, -0.2) is 9.37 Å². The summed E-state index contributed by atoms with van der Waals surface area (Å²) in [5, 5.41) is -0.666. The van der Waals surface area contributed by atoms with Crippen molar-refractivity contribution in [3.8, 4) is 0 Å². The standard InChI is InChI=1S/C12H10FN3O2S2/c13-10-5-2-6-15-12(10)20(17,18)16-9-4-1-3-8(7-9)11(14)19/h1-7,16H,(H2,14,19). The second kappa shape index (κ2) is 5.51. The highest BCUT2D eigenvalue weighted by atomic mass is 32.2. The summed E-state index contributed by atoms with van der Waals surface area (Å²) in [5.41, 5.74) is 6.19. The number of thiocarbonyl (C=S) groups is 1. The number of nitrogens with two attached hydrogens (primary N) is 1. The second-order valence-corrected chi connectivity index (χ2v) is 5.88. The zero-order chi connectivity index (χ0) is 14.8. The second-order valence-electron chi connectivity index (χ2n) is 3.84. The molecule has 0 saturated carbocycles. The van der Waals surface area contributed by atoms with Crippen LogP contribution >= 0.6 is 12.2 Å². The van der Waals surface area contributed by atoms with E-state index in [0.29, 0.717) is 5.56 Å². The van der Waals surface area contributed by atoms with Gasteiger partial charge in [0.1, 0.15) is 4.99 Å². The van der Waals surface area contributed by atoms with Gasteiger partial charge in [-0.2, -0.15) is 8.42 Å². The van der Waals surface area contributed by atoms with E-state index in [9.17, 15) is 12.8 Å². The van der Waals surface area contributed by atoms with E-state index in [1.807, 2.05) is 0 Å². The maximum Gasteiger partial charge on any atom is 0.282 e. The fourth-order valence-electron chi connectivity index (χ4n) is 1.51. The Morgan fingerprint density at radius 2 is 2.05 bits per heavy atom. The molecule has 2 rings (SSSR count). The van der Waals surface area contributed by atoms with Gasteiger partial charge in [0.15, 0.2) is 5.82 Å². The van der Waals surface area contributed by atoms with Crippen LogP contribution < -0.4 is 10.5 Å². The molecule has 8 heteroatoms. The molecule has 0 saturated heterocycles. The van der Waals surface area contributed by atoms with Gasteiger partial charge in [0.25, 0.3) is 10.0 Å². The van der Waals surface area contributed by atoms with Crippen LogP contribution in [0.1, 0.15) is 5.56 Å². The lowest BCUT2D eigenvalue weighted by Gasteiger charge is -2.09. The van der Waals surface area contributed by atoms with Gasteiger partial charge >= 0.3 is 0 Å². The minimum atomic E-state index is -4.11. The van der Waals surface area contributed by atoms with Crippen LogP contribution in [-0.4, -0.2) is 18.4 Å². The number of nitrogens with one attached hydrogen (secondary N) is 1. The third-order valence-corrected chi connectivity index (χ3v) is 3.93. The lowest BCUT2D eigenvalue weighted by molar-refractivity contribution is 0.557. The number of pyridine rings is 1. The van der Waals surface area contributed by atoms with Crippen molar-refractivity contribution in [1.29, 1.82) is 0 Å². The Labute approximate surface area is 120 Å². The molecular formula is C12H10FN3O2S2. The minimum absolute atomic E-state index is 0.134. The first kappa shape index (κ1) is 14.4. The van der Waals surface area contributed by atoms with Gasteiger partial charge in [-0.05, 0) is 24.3 Å². The first-order valence-corrected chi connectivity index (χ1v) is 7.32. The summed E-state index contributed by atoms with van der Waals surface area (Å²) in [4.78, 5) is 3.66. The molecule has 0 spiro atoms. The molecule has 3 N–H and O–H groups in total. The van der Waals surface area contributed by atoms with Crippen LogP contribution in [-0.2, 0) is 10.0 Å². The summed E-state index contributed by atoms with van der Waals surface area (Å²) in [6.45, 7) is 0. The monoisotopic (exact) mass is 311 g/mol. The van der Waals surface area contributed by atoms with E-state index >= 15 is 0 Å². The van der Waals surface area contributed by atoms with Crippen molar-refractivity contribution >= 4 is 32.9 Å². The Morgan fingerprint density at radius 1 is 1.30 bits per heavy atom. The van der Waals surface area contributed by atoms with E-state index in [1.165, 1.54) is 24.4 Å². The zero-order valence-corrected chi connectivity index (χ0v) is 11.7. The zero-order valence-electron chi connectivity index (χ0n) is 10.1. The lowest BCUT2D eigenvalue weighted by atomic mass is 10.2.